The molecule has 7 nitrogen and oxygen atoms in total. The maximum absolute atomic E-state index is 12.4. The average molecular weight is 385 g/mol. The molecule has 3 aromatic rings. The first kappa shape index (κ1) is 18.8. The first-order chi connectivity index (χ1) is 12.8. The summed E-state index contributed by atoms with van der Waals surface area (Å²) < 4.78 is 29.2. The summed E-state index contributed by atoms with van der Waals surface area (Å²) in [5.74, 6) is -0.121. The third-order valence-corrected chi connectivity index (χ3v) is 5.87. The van der Waals surface area contributed by atoms with Crippen molar-refractivity contribution in [3.63, 3.8) is 0 Å². The molecule has 0 bridgehead atoms. The summed E-state index contributed by atoms with van der Waals surface area (Å²) in [6.45, 7) is 5.34. The third-order valence-electron chi connectivity index (χ3n) is 4.12. The van der Waals surface area contributed by atoms with E-state index in [4.69, 9.17) is 4.42 Å². The Hall–Kier alpha value is -3.00. The third kappa shape index (κ3) is 4.06. The zero-order valence-electron chi connectivity index (χ0n) is 15.2. The second-order valence-corrected chi connectivity index (χ2v) is 8.39. The second kappa shape index (κ2) is 7.32. The van der Waals surface area contributed by atoms with Gasteiger partial charge in [-0.1, -0.05) is 29.7 Å². The molecule has 27 heavy (non-hydrogen) atoms. The number of amides is 1. The van der Waals surface area contributed by atoms with Gasteiger partial charge in [0.2, 0.25) is 5.89 Å². The van der Waals surface area contributed by atoms with Crippen LogP contribution in [0.5, 0.6) is 0 Å². The number of nitrogens with zero attached hydrogens (tertiary/aromatic N) is 2. The number of hydrogen-bond acceptors (Lipinski definition) is 6. The quantitative estimate of drug-likeness (QED) is 0.722. The minimum atomic E-state index is -3.27. The molecule has 0 aliphatic carbocycles. The van der Waals surface area contributed by atoms with Crippen molar-refractivity contribution in [1.29, 1.82) is 0 Å². The number of anilines is 1. The molecule has 0 radical (unpaired) electrons. The summed E-state index contributed by atoms with van der Waals surface area (Å²) in [6.07, 6.45) is 0. The lowest BCUT2D eigenvalue weighted by molar-refractivity contribution is 0.102. The maximum atomic E-state index is 12.4. The van der Waals surface area contributed by atoms with Gasteiger partial charge in [0, 0.05) is 11.1 Å². The molecule has 0 saturated heterocycles. The van der Waals surface area contributed by atoms with Crippen LogP contribution >= 0.6 is 0 Å². The molecule has 0 fully saturated rings. The van der Waals surface area contributed by atoms with Gasteiger partial charge in [-0.3, -0.25) is 10.1 Å². The van der Waals surface area contributed by atoms with E-state index in [9.17, 15) is 13.2 Å². The Bertz CT molecular complexity index is 1090. The molecule has 0 spiro atoms. The van der Waals surface area contributed by atoms with E-state index in [1.54, 1.807) is 25.1 Å². The van der Waals surface area contributed by atoms with Gasteiger partial charge in [-0.05, 0) is 49.7 Å². The SMILES string of the molecule is CCS(=O)(=O)c1ccc(-c2nnc(NC(=O)c3cc(C)ccc3C)o2)cc1. The summed E-state index contributed by atoms with van der Waals surface area (Å²) in [6, 6.07) is 11.7. The highest BCUT2D eigenvalue weighted by Crippen LogP contribution is 2.22. The molecule has 2 aromatic carbocycles. The van der Waals surface area contributed by atoms with Gasteiger partial charge in [0.1, 0.15) is 0 Å². The van der Waals surface area contributed by atoms with Crippen LogP contribution in [0.3, 0.4) is 0 Å². The maximum Gasteiger partial charge on any atom is 0.322 e. The van der Waals surface area contributed by atoms with Gasteiger partial charge in [0.15, 0.2) is 9.84 Å². The summed E-state index contributed by atoms with van der Waals surface area (Å²) in [4.78, 5) is 12.6. The van der Waals surface area contributed by atoms with E-state index in [-0.39, 0.29) is 28.5 Å². The van der Waals surface area contributed by atoms with Gasteiger partial charge in [0.05, 0.1) is 10.6 Å². The fourth-order valence-electron chi connectivity index (χ4n) is 2.51. The van der Waals surface area contributed by atoms with Crippen LogP contribution in [-0.2, 0) is 9.84 Å². The van der Waals surface area contributed by atoms with Crippen molar-refractivity contribution in [2.75, 3.05) is 11.1 Å². The topological polar surface area (TPSA) is 102 Å². The molecule has 3 rings (SSSR count). The van der Waals surface area contributed by atoms with Gasteiger partial charge < -0.3 is 4.42 Å². The van der Waals surface area contributed by atoms with Gasteiger partial charge >= 0.3 is 6.01 Å². The summed E-state index contributed by atoms with van der Waals surface area (Å²) in [7, 11) is -3.27. The molecule has 1 heterocycles. The van der Waals surface area contributed by atoms with Crippen molar-refractivity contribution in [2.24, 2.45) is 0 Å². The smallest absolute Gasteiger partial charge is 0.322 e. The molecule has 8 heteroatoms. The molecule has 0 aliphatic heterocycles. The lowest BCUT2D eigenvalue weighted by Gasteiger charge is -2.05. The highest BCUT2D eigenvalue weighted by Gasteiger charge is 2.16. The Labute approximate surface area is 157 Å². The van der Waals surface area contributed by atoms with Crippen LogP contribution in [0.4, 0.5) is 6.01 Å². The molecule has 0 aliphatic rings. The van der Waals surface area contributed by atoms with Gasteiger partial charge in [-0.2, -0.15) is 0 Å². The second-order valence-electron chi connectivity index (χ2n) is 6.11. The van der Waals surface area contributed by atoms with E-state index in [0.29, 0.717) is 11.1 Å². The predicted molar refractivity (Wildman–Crippen MR) is 101 cm³/mol. The van der Waals surface area contributed by atoms with Gasteiger partial charge in [-0.25, -0.2) is 8.42 Å². The number of nitrogens with one attached hydrogen (secondary N) is 1. The standard InChI is InChI=1S/C19H19N3O4S/c1-4-27(24,25)15-9-7-14(8-10-15)18-21-22-19(26-18)20-17(23)16-11-12(2)5-6-13(16)3/h5-11H,4H2,1-3H3,(H,20,22,23). The van der Waals surface area contributed by atoms with Gasteiger partial charge in [0.25, 0.3) is 5.91 Å². The summed E-state index contributed by atoms with van der Waals surface area (Å²) >= 11 is 0. The minimum Gasteiger partial charge on any atom is -0.403 e. The number of carbonyl (C=O) groups excluding carboxylic acids is 1. The van der Waals surface area contributed by atoms with E-state index < -0.39 is 9.84 Å². The number of aryl methyl sites for hydroxylation is 2. The highest BCUT2D eigenvalue weighted by molar-refractivity contribution is 7.91. The zero-order valence-corrected chi connectivity index (χ0v) is 16.0. The number of carbonyl (C=O) groups is 1. The van der Waals surface area contributed by atoms with Crippen molar-refractivity contribution in [1.82, 2.24) is 10.2 Å². The first-order valence-electron chi connectivity index (χ1n) is 8.35. The molecular weight excluding hydrogens is 366 g/mol. The van der Waals surface area contributed by atoms with Crippen LogP contribution in [-0.4, -0.2) is 30.3 Å². The lowest BCUT2D eigenvalue weighted by Crippen LogP contribution is -2.13. The van der Waals surface area contributed by atoms with Crippen LogP contribution in [0.2, 0.25) is 0 Å². The minimum absolute atomic E-state index is 0.0267. The van der Waals surface area contributed by atoms with E-state index in [1.165, 1.54) is 12.1 Å². The largest absolute Gasteiger partial charge is 0.403 e. The van der Waals surface area contributed by atoms with Crippen LogP contribution in [0.1, 0.15) is 28.4 Å². The molecule has 1 amide bonds. The normalized spacial score (nSPS) is 11.4. The first-order valence-corrected chi connectivity index (χ1v) is 10.0. The Balaban J connectivity index is 1.79. The number of sulfone groups is 1. The molecule has 0 atom stereocenters. The average Bonchev–Trinajstić information content (AvgIpc) is 3.12. The summed E-state index contributed by atoms with van der Waals surface area (Å²) in [5, 5.41) is 10.3. The fourth-order valence-corrected chi connectivity index (χ4v) is 3.39. The molecule has 140 valence electrons. The van der Waals surface area contributed by atoms with Crippen molar-refractivity contribution in [3.05, 3.63) is 59.2 Å². The number of hydrogen-bond donors (Lipinski definition) is 1. The van der Waals surface area contributed by atoms with Crippen LogP contribution in [0.15, 0.2) is 51.8 Å². The van der Waals surface area contributed by atoms with Crippen molar-refractivity contribution in [2.45, 2.75) is 25.7 Å². The highest BCUT2D eigenvalue weighted by atomic mass is 32.2. The Morgan fingerprint density at radius 3 is 2.44 bits per heavy atom. The van der Waals surface area contributed by atoms with E-state index in [2.05, 4.69) is 15.5 Å². The van der Waals surface area contributed by atoms with Crippen molar-refractivity contribution < 1.29 is 17.6 Å². The summed E-state index contributed by atoms with van der Waals surface area (Å²) in [5.41, 5.74) is 2.90. The molecule has 0 saturated carbocycles. The van der Waals surface area contributed by atoms with Crippen LogP contribution in [0.25, 0.3) is 11.5 Å². The molecular formula is C19H19N3O4S. The molecule has 1 aromatic heterocycles. The van der Waals surface area contributed by atoms with Gasteiger partial charge in [-0.15, -0.1) is 5.10 Å². The van der Waals surface area contributed by atoms with Crippen LogP contribution in [0, 0.1) is 13.8 Å². The van der Waals surface area contributed by atoms with E-state index >= 15 is 0 Å². The van der Waals surface area contributed by atoms with E-state index in [1.807, 2.05) is 26.0 Å². The number of benzene rings is 2. The molecule has 1 N–H and O–H groups in total. The predicted octanol–water partition coefficient (Wildman–Crippen LogP) is 3.40. The molecule has 0 unspecified atom stereocenters. The fraction of sp³-hybridized carbons (Fsp3) is 0.211. The van der Waals surface area contributed by atoms with Crippen LogP contribution < -0.4 is 5.32 Å². The lowest BCUT2D eigenvalue weighted by atomic mass is 10.1. The Morgan fingerprint density at radius 2 is 1.78 bits per heavy atom. The Kier molecular flexibility index (Phi) is 5.09. The number of aromatic nitrogens is 2. The van der Waals surface area contributed by atoms with E-state index in [0.717, 1.165) is 11.1 Å². The zero-order chi connectivity index (χ0) is 19.6. The monoisotopic (exact) mass is 385 g/mol. The van der Waals surface area contributed by atoms with Crippen molar-refractivity contribution >= 4 is 21.8 Å². The van der Waals surface area contributed by atoms with Crippen molar-refractivity contribution in [3.8, 4) is 11.5 Å². The number of rotatable bonds is 5. The Morgan fingerprint density at radius 1 is 1.07 bits per heavy atom.